The van der Waals surface area contributed by atoms with Gasteiger partial charge in [-0.2, -0.15) is 0 Å². The third-order valence-electron chi connectivity index (χ3n) is 4.49. The van der Waals surface area contributed by atoms with Gasteiger partial charge in [0.1, 0.15) is 5.41 Å². The fraction of sp³-hybridized carbons (Fsp3) is 0.611. The van der Waals surface area contributed by atoms with Gasteiger partial charge >= 0.3 is 0 Å². The maximum absolute atomic E-state index is 12.6. The van der Waals surface area contributed by atoms with Crippen molar-refractivity contribution >= 4 is 11.8 Å². The second-order valence-corrected chi connectivity index (χ2v) is 6.38. The topological polar surface area (TPSA) is 62.3 Å². The van der Waals surface area contributed by atoms with E-state index in [1.54, 1.807) is 24.3 Å². The van der Waals surface area contributed by atoms with Crippen LogP contribution in [0.25, 0.3) is 0 Å². The van der Waals surface area contributed by atoms with E-state index in [0.717, 1.165) is 31.2 Å². The summed E-state index contributed by atoms with van der Waals surface area (Å²) in [7, 11) is 1.79. The van der Waals surface area contributed by atoms with E-state index in [1.165, 1.54) is 0 Å². The lowest BCUT2D eigenvalue weighted by Crippen LogP contribution is -2.44. The molecule has 1 fully saturated rings. The summed E-state index contributed by atoms with van der Waals surface area (Å²) in [5.41, 5.74) is 0.354. The quantitative estimate of drug-likeness (QED) is 0.561. The number of carbonyl (C=O) groups excluding carboxylic acids is 2. The Morgan fingerprint density at radius 2 is 1.96 bits per heavy atom. The molecule has 1 aromatic heterocycles. The maximum Gasteiger partial charge on any atom is 0.238 e. The van der Waals surface area contributed by atoms with E-state index in [1.807, 2.05) is 12.1 Å². The highest BCUT2D eigenvalue weighted by atomic mass is 16.2. The molecule has 1 aliphatic carbocycles. The van der Waals surface area contributed by atoms with Gasteiger partial charge in [-0.3, -0.25) is 14.6 Å². The summed E-state index contributed by atoms with van der Waals surface area (Å²) in [4.78, 5) is 30.7. The van der Waals surface area contributed by atoms with Crippen LogP contribution >= 0.6 is 0 Å². The van der Waals surface area contributed by atoms with Crippen LogP contribution in [0.1, 0.15) is 44.6 Å². The Kier molecular flexibility index (Phi) is 6.13. The molecule has 1 aliphatic rings. The van der Waals surface area contributed by atoms with Gasteiger partial charge in [-0.25, -0.2) is 0 Å². The first-order chi connectivity index (χ1) is 11.1. The summed E-state index contributed by atoms with van der Waals surface area (Å²) in [6, 6.07) is 3.90. The van der Waals surface area contributed by atoms with Gasteiger partial charge in [0.25, 0.3) is 0 Å². The molecule has 0 bridgehead atoms. The molecule has 23 heavy (non-hydrogen) atoms. The van der Waals surface area contributed by atoms with Crippen LogP contribution in [-0.2, 0) is 16.0 Å². The van der Waals surface area contributed by atoms with Gasteiger partial charge < -0.3 is 10.2 Å². The van der Waals surface area contributed by atoms with E-state index in [-0.39, 0.29) is 11.8 Å². The van der Waals surface area contributed by atoms with Crippen LogP contribution in [0.15, 0.2) is 24.5 Å². The first-order valence-corrected chi connectivity index (χ1v) is 8.53. The van der Waals surface area contributed by atoms with Gasteiger partial charge in [0.2, 0.25) is 11.8 Å². The monoisotopic (exact) mass is 317 g/mol. The van der Waals surface area contributed by atoms with Crippen molar-refractivity contribution < 1.29 is 9.59 Å². The number of unbranched alkanes of at least 4 members (excludes halogenated alkanes) is 2. The standard InChI is InChI=1S/C18H27N3O2/c1-3-4-5-11-20-16(22)18(9-10-18)17(23)21(2)14-8-15-6-12-19-13-7-15/h6-7,12-13H,3-5,8-11,14H2,1-2H3,(H,20,22). The minimum Gasteiger partial charge on any atom is -0.355 e. The Balaban J connectivity index is 1.82. The number of aromatic nitrogens is 1. The highest BCUT2D eigenvalue weighted by Gasteiger charge is 2.57. The molecule has 5 heteroatoms. The molecular formula is C18H27N3O2. The lowest BCUT2D eigenvalue weighted by Gasteiger charge is -2.23. The van der Waals surface area contributed by atoms with Crippen LogP contribution in [-0.4, -0.2) is 41.8 Å². The normalized spacial score (nSPS) is 15.0. The van der Waals surface area contributed by atoms with E-state index in [4.69, 9.17) is 0 Å². The molecule has 0 spiro atoms. The molecule has 126 valence electrons. The SMILES string of the molecule is CCCCCNC(=O)C1(C(=O)N(C)CCc2ccncc2)CC1. The van der Waals surface area contributed by atoms with Crippen LogP contribution in [0.2, 0.25) is 0 Å². The summed E-state index contributed by atoms with van der Waals surface area (Å²) >= 11 is 0. The summed E-state index contributed by atoms with van der Waals surface area (Å²) in [6.45, 7) is 3.42. The Morgan fingerprint density at radius 1 is 1.26 bits per heavy atom. The molecule has 2 rings (SSSR count). The maximum atomic E-state index is 12.6. The zero-order chi connectivity index (χ0) is 16.7. The minimum atomic E-state index is -0.792. The second kappa shape index (κ2) is 8.09. The number of hydrogen-bond acceptors (Lipinski definition) is 3. The molecule has 0 aliphatic heterocycles. The highest BCUT2D eigenvalue weighted by molar-refractivity contribution is 6.07. The predicted octanol–water partition coefficient (Wildman–Crippen LogP) is 2.17. The van der Waals surface area contributed by atoms with Crippen LogP contribution in [0.5, 0.6) is 0 Å². The van der Waals surface area contributed by atoms with Crippen molar-refractivity contribution in [1.29, 1.82) is 0 Å². The highest BCUT2D eigenvalue weighted by Crippen LogP contribution is 2.47. The molecule has 0 aromatic carbocycles. The van der Waals surface area contributed by atoms with Crippen LogP contribution in [0.4, 0.5) is 0 Å². The van der Waals surface area contributed by atoms with Crippen LogP contribution in [0.3, 0.4) is 0 Å². The van der Waals surface area contributed by atoms with E-state index in [0.29, 0.717) is 25.9 Å². The number of likely N-dealkylation sites (N-methyl/N-ethyl adjacent to an activating group) is 1. The van der Waals surface area contributed by atoms with E-state index >= 15 is 0 Å². The number of nitrogens with zero attached hydrogens (tertiary/aromatic N) is 2. The van der Waals surface area contributed by atoms with Gasteiger partial charge in [0.15, 0.2) is 0 Å². The average Bonchev–Trinajstić information content (AvgIpc) is 3.38. The van der Waals surface area contributed by atoms with Crippen molar-refractivity contribution in [1.82, 2.24) is 15.2 Å². The Labute approximate surface area is 138 Å². The van der Waals surface area contributed by atoms with Crippen molar-refractivity contribution in [3.8, 4) is 0 Å². The first kappa shape index (κ1) is 17.4. The fourth-order valence-electron chi connectivity index (χ4n) is 2.72. The predicted molar refractivity (Wildman–Crippen MR) is 89.8 cm³/mol. The van der Waals surface area contributed by atoms with E-state index in [9.17, 15) is 9.59 Å². The van der Waals surface area contributed by atoms with Crippen molar-refractivity contribution in [3.63, 3.8) is 0 Å². The van der Waals surface area contributed by atoms with Gasteiger partial charge in [-0.1, -0.05) is 19.8 Å². The third kappa shape index (κ3) is 4.53. The van der Waals surface area contributed by atoms with Crippen LogP contribution < -0.4 is 5.32 Å². The van der Waals surface area contributed by atoms with Crippen LogP contribution in [0, 0.1) is 5.41 Å². The molecule has 1 N–H and O–H groups in total. The first-order valence-electron chi connectivity index (χ1n) is 8.53. The molecular weight excluding hydrogens is 290 g/mol. The summed E-state index contributed by atoms with van der Waals surface area (Å²) in [5.74, 6) is -0.131. The van der Waals surface area contributed by atoms with Crippen molar-refractivity contribution in [2.24, 2.45) is 5.41 Å². The number of hydrogen-bond donors (Lipinski definition) is 1. The largest absolute Gasteiger partial charge is 0.355 e. The number of nitrogens with one attached hydrogen (secondary N) is 1. The molecule has 0 atom stereocenters. The Bertz CT molecular complexity index is 526. The number of pyridine rings is 1. The molecule has 1 saturated carbocycles. The van der Waals surface area contributed by atoms with Gasteiger partial charge in [0.05, 0.1) is 0 Å². The summed E-state index contributed by atoms with van der Waals surface area (Å²) in [6.07, 6.45) is 8.83. The summed E-state index contributed by atoms with van der Waals surface area (Å²) < 4.78 is 0. The summed E-state index contributed by atoms with van der Waals surface area (Å²) in [5, 5.41) is 2.94. The van der Waals surface area contributed by atoms with Gasteiger partial charge in [-0.05, 0) is 43.4 Å². The molecule has 0 saturated heterocycles. The third-order valence-corrected chi connectivity index (χ3v) is 4.49. The molecule has 2 amide bonds. The molecule has 5 nitrogen and oxygen atoms in total. The average molecular weight is 317 g/mol. The van der Waals surface area contributed by atoms with Crippen molar-refractivity contribution in [2.45, 2.75) is 45.4 Å². The van der Waals surface area contributed by atoms with E-state index in [2.05, 4.69) is 17.2 Å². The smallest absolute Gasteiger partial charge is 0.238 e. The molecule has 1 aromatic rings. The fourth-order valence-corrected chi connectivity index (χ4v) is 2.72. The lowest BCUT2D eigenvalue weighted by atomic mass is 10.0. The zero-order valence-corrected chi connectivity index (χ0v) is 14.2. The number of rotatable bonds is 9. The second-order valence-electron chi connectivity index (χ2n) is 6.38. The lowest BCUT2D eigenvalue weighted by molar-refractivity contribution is -0.143. The van der Waals surface area contributed by atoms with Crippen molar-refractivity contribution in [3.05, 3.63) is 30.1 Å². The zero-order valence-electron chi connectivity index (χ0n) is 14.2. The Morgan fingerprint density at radius 3 is 2.57 bits per heavy atom. The molecule has 0 radical (unpaired) electrons. The number of carbonyl (C=O) groups is 2. The molecule has 0 unspecified atom stereocenters. The van der Waals surface area contributed by atoms with Crippen molar-refractivity contribution in [2.75, 3.05) is 20.1 Å². The molecule has 1 heterocycles. The van der Waals surface area contributed by atoms with E-state index < -0.39 is 5.41 Å². The Hall–Kier alpha value is -1.91. The van der Waals surface area contributed by atoms with Gasteiger partial charge in [0, 0.05) is 32.5 Å². The van der Waals surface area contributed by atoms with Gasteiger partial charge in [-0.15, -0.1) is 0 Å². The minimum absolute atomic E-state index is 0.0421. The number of amides is 2.